The van der Waals surface area contributed by atoms with Gasteiger partial charge in [-0.25, -0.2) is 19.2 Å². The van der Waals surface area contributed by atoms with Gasteiger partial charge in [0, 0.05) is 52.4 Å². The normalized spacial score (nSPS) is 25.1. The fourth-order valence-corrected chi connectivity index (χ4v) is 4.06. The van der Waals surface area contributed by atoms with Crippen molar-refractivity contribution < 1.29 is 39.6 Å². The monoisotopic (exact) mass is 430 g/mol. The van der Waals surface area contributed by atoms with Crippen molar-refractivity contribution in [2.45, 2.75) is 24.9 Å². The number of hydrogen-bond donors (Lipinski definition) is 4. The summed E-state index contributed by atoms with van der Waals surface area (Å²) in [7, 11) is 0. The summed E-state index contributed by atoms with van der Waals surface area (Å²) in [6.45, 7) is 4.76. The molecule has 2 atom stereocenters. The van der Waals surface area contributed by atoms with Gasteiger partial charge in [0.05, 0.1) is 0 Å². The second kappa shape index (κ2) is 11.2. The number of nitrogens with zero attached hydrogens (tertiary/aromatic N) is 4. The van der Waals surface area contributed by atoms with E-state index in [0.717, 1.165) is 13.1 Å². The Balaban J connectivity index is 2.13. The minimum absolute atomic E-state index is 0.292. The van der Waals surface area contributed by atoms with Crippen molar-refractivity contribution in [2.75, 3.05) is 65.4 Å². The Hall–Kier alpha value is -2.28. The first-order valence-corrected chi connectivity index (χ1v) is 10.0. The van der Waals surface area contributed by atoms with E-state index in [1.807, 2.05) is 0 Å². The van der Waals surface area contributed by atoms with Gasteiger partial charge in [0.2, 0.25) is 12.1 Å². The third kappa shape index (κ3) is 6.62. The lowest BCUT2D eigenvalue weighted by atomic mass is 10.2. The van der Waals surface area contributed by atoms with E-state index in [-0.39, 0.29) is 0 Å². The maximum absolute atomic E-state index is 11.4. The van der Waals surface area contributed by atoms with Crippen molar-refractivity contribution in [2.24, 2.45) is 0 Å². The zero-order chi connectivity index (χ0) is 22.3. The van der Waals surface area contributed by atoms with Crippen LogP contribution in [0.15, 0.2) is 0 Å². The highest BCUT2D eigenvalue weighted by atomic mass is 16.4. The van der Waals surface area contributed by atoms with Gasteiger partial charge in [-0.15, -0.1) is 0 Å². The van der Waals surface area contributed by atoms with Crippen LogP contribution in [0.1, 0.15) is 12.8 Å². The fourth-order valence-electron chi connectivity index (χ4n) is 4.06. The topological polar surface area (TPSA) is 162 Å². The molecule has 2 rings (SSSR count). The standard InChI is InChI=1S/C18H30N4O8/c23-15(24)13(16(25)26)21-5-1-3-19-7-8-20(10-11-21)4-2-6-22(12-9-19)14(17(27)28)18(29)30/h13-14H,1-12H2,(H,23,24)(H,25,26)(H,27,28)(H,29,30). The molecular weight excluding hydrogens is 400 g/mol. The van der Waals surface area contributed by atoms with Crippen molar-refractivity contribution in [3.8, 4) is 0 Å². The maximum atomic E-state index is 11.4. The highest BCUT2D eigenvalue weighted by Crippen LogP contribution is 2.11. The predicted octanol–water partition coefficient (Wildman–Crippen LogP) is -1.92. The van der Waals surface area contributed by atoms with Crippen LogP contribution < -0.4 is 0 Å². The molecule has 0 spiro atoms. The number of aliphatic carboxylic acids is 4. The van der Waals surface area contributed by atoms with Gasteiger partial charge < -0.3 is 30.2 Å². The molecule has 0 aliphatic carbocycles. The lowest BCUT2D eigenvalue weighted by Gasteiger charge is -2.37. The zero-order valence-corrected chi connectivity index (χ0v) is 16.9. The van der Waals surface area contributed by atoms with E-state index in [1.165, 1.54) is 9.80 Å². The molecule has 170 valence electrons. The third-order valence-electron chi connectivity index (χ3n) is 5.64. The molecule has 30 heavy (non-hydrogen) atoms. The molecule has 2 heterocycles. The number of rotatable bonds is 6. The molecule has 2 aliphatic rings. The minimum Gasteiger partial charge on any atom is -0.480 e. The fraction of sp³-hybridized carbons (Fsp3) is 0.778. The van der Waals surface area contributed by atoms with E-state index < -0.39 is 36.0 Å². The van der Waals surface area contributed by atoms with E-state index in [0.29, 0.717) is 65.2 Å². The maximum Gasteiger partial charge on any atom is 0.332 e. The molecule has 4 N–H and O–H groups in total. The molecule has 0 aromatic heterocycles. The van der Waals surface area contributed by atoms with E-state index in [2.05, 4.69) is 9.80 Å². The number of carbonyl (C=O) groups is 4. The van der Waals surface area contributed by atoms with Gasteiger partial charge in [0.1, 0.15) is 0 Å². The van der Waals surface area contributed by atoms with Crippen molar-refractivity contribution in [1.82, 2.24) is 19.6 Å². The van der Waals surface area contributed by atoms with E-state index in [1.54, 1.807) is 0 Å². The average Bonchev–Trinajstić information content (AvgIpc) is 2.64. The van der Waals surface area contributed by atoms with Crippen LogP contribution in [0, 0.1) is 0 Å². The predicted molar refractivity (Wildman–Crippen MR) is 103 cm³/mol. The first-order chi connectivity index (χ1) is 14.2. The van der Waals surface area contributed by atoms with E-state index in [4.69, 9.17) is 0 Å². The van der Waals surface area contributed by atoms with Crippen LogP contribution in [-0.4, -0.2) is 141 Å². The second-order valence-electron chi connectivity index (χ2n) is 7.62. The Labute approximate surface area is 174 Å². The van der Waals surface area contributed by atoms with Crippen LogP contribution in [0.25, 0.3) is 0 Å². The molecule has 0 radical (unpaired) electrons. The molecule has 2 saturated heterocycles. The van der Waals surface area contributed by atoms with Crippen LogP contribution in [0.5, 0.6) is 0 Å². The molecule has 0 aromatic rings. The molecule has 2 aliphatic heterocycles. The molecule has 0 amide bonds. The molecule has 0 aromatic carbocycles. The van der Waals surface area contributed by atoms with Crippen molar-refractivity contribution in [1.29, 1.82) is 0 Å². The number of carboxylic acids is 4. The quantitative estimate of drug-likeness (QED) is 0.346. The smallest absolute Gasteiger partial charge is 0.332 e. The van der Waals surface area contributed by atoms with Gasteiger partial charge in [0.15, 0.2) is 0 Å². The van der Waals surface area contributed by atoms with Crippen LogP contribution in [-0.2, 0) is 19.2 Å². The summed E-state index contributed by atoms with van der Waals surface area (Å²) in [6.07, 6.45) is 1.11. The first-order valence-electron chi connectivity index (χ1n) is 10.0. The summed E-state index contributed by atoms with van der Waals surface area (Å²) in [5.41, 5.74) is 0. The molecule has 2 bridgehead atoms. The lowest BCUT2D eigenvalue weighted by molar-refractivity contribution is -0.159. The number of fused-ring (bicyclic) bond motifs is 3. The summed E-state index contributed by atoms with van der Waals surface area (Å²) in [4.78, 5) is 52.9. The van der Waals surface area contributed by atoms with Crippen LogP contribution >= 0.6 is 0 Å². The summed E-state index contributed by atoms with van der Waals surface area (Å²) in [5.74, 6) is -5.53. The molecule has 12 heteroatoms. The first kappa shape index (κ1) is 24.0. The van der Waals surface area contributed by atoms with Gasteiger partial charge in [0.25, 0.3) is 0 Å². The highest BCUT2D eigenvalue weighted by Gasteiger charge is 2.35. The van der Waals surface area contributed by atoms with Gasteiger partial charge in [-0.2, -0.15) is 0 Å². The summed E-state index contributed by atoms with van der Waals surface area (Å²) >= 11 is 0. The Morgan fingerprint density at radius 2 is 0.767 bits per heavy atom. The van der Waals surface area contributed by atoms with Crippen LogP contribution in [0.2, 0.25) is 0 Å². The number of carboxylic acid groups (broad SMARTS) is 4. The Kier molecular flexibility index (Phi) is 8.96. The van der Waals surface area contributed by atoms with Gasteiger partial charge >= 0.3 is 23.9 Å². The minimum atomic E-state index is -1.59. The Morgan fingerprint density at radius 3 is 1.07 bits per heavy atom. The molecule has 2 unspecified atom stereocenters. The molecular formula is C18H30N4O8. The summed E-state index contributed by atoms with van der Waals surface area (Å²) in [6, 6.07) is -3.18. The van der Waals surface area contributed by atoms with Crippen LogP contribution in [0.3, 0.4) is 0 Å². The Morgan fingerprint density at radius 1 is 0.467 bits per heavy atom. The van der Waals surface area contributed by atoms with Gasteiger partial charge in [-0.05, 0) is 25.9 Å². The van der Waals surface area contributed by atoms with Crippen molar-refractivity contribution in [3.05, 3.63) is 0 Å². The average molecular weight is 430 g/mol. The third-order valence-corrected chi connectivity index (χ3v) is 5.64. The largest absolute Gasteiger partial charge is 0.480 e. The summed E-state index contributed by atoms with van der Waals surface area (Å²) < 4.78 is 0. The number of hydrogen-bond acceptors (Lipinski definition) is 8. The van der Waals surface area contributed by atoms with Crippen molar-refractivity contribution >= 4 is 23.9 Å². The molecule has 0 saturated carbocycles. The Bertz CT molecular complexity index is 564. The van der Waals surface area contributed by atoms with E-state index in [9.17, 15) is 39.6 Å². The second-order valence-corrected chi connectivity index (χ2v) is 7.62. The summed E-state index contributed by atoms with van der Waals surface area (Å²) in [5, 5.41) is 37.3. The van der Waals surface area contributed by atoms with Crippen LogP contribution in [0.4, 0.5) is 0 Å². The molecule has 2 fully saturated rings. The molecule has 12 nitrogen and oxygen atoms in total. The SMILES string of the molecule is O=C(O)C(C(=O)O)N1CCCN2CCN(CCCN(C(C(=O)O)C(=O)O)CC2)CC1. The lowest BCUT2D eigenvalue weighted by Crippen LogP contribution is -2.54. The zero-order valence-electron chi connectivity index (χ0n) is 16.9. The van der Waals surface area contributed by atoms with Gasteiger partial charge in [-0.3, -0.25) is 9.80 Å². The van der Waals surface area contributed by atoms with Gasteiger partial charge in [-0.1, -0.05) is 0 Å². The highest BCUT2D eigenvalue weighted by molar-refractivity contribution is 5.97. The van der Waals surface area contributed by atoms with E-state index >= 15 is 0 Å². The van der Waals surface area contributed by atoms with Crippen molar-refractivity contribution in [3.63, 3.8) is 0 Å².